The third-order valence-corrected chi connectivity index (χ3v) is 5.39. The molecule has 0 fully saturated rings. The van der Waals surface area contributed by atoms with Crippen molar-refractivity contribution in [3.05, 3.63) is 0 Å². The van der Waals surface area contributed by atoms with Gasteiger partial charge < -0.3 is 43.4 Å². The van der Waals surface area contributed by atoms with Crippen LogP contribution in [0.5, 0.6) is 0 Å². The molecule has 35 heavy (non-hydrogen) atoms. The molecule has 0 aliphatic carbocycles. The Balaban J connectivity index is 5.71. The van der Waals surface area contributed by atoms with Crippen LogP contribution >= 0.6 is 0 Å². The van der Waals surface area contributed by atoms with E-state index >= 15 is 0 Å². The molecule has 11 N–H and O–H groups in total. The summed E-state index contributed by atoms with van der Waals surface area (Å²) in [5.41, 5.74) is 16.3. The van der Waals surface area contributed by atoms with Crippen LogP contribution in [0.1, 0.15) is 53.4 Å². The van der Waals surface area contributed by atoms with Crippen LogP contribution in [0.4, 0.5) is 0 Å². The van der Waals surface area contributed by atoms with Crippen molar-refractivity contribution in [1.29, 1.82) is 0 Å². The first-order valence-corrected chi connectivity index (χ1v) is 11.4. The fourth-order valence-electron chi connectivity index (χ4n) is 2.94. The van der Waals surface area contributed by atoms with E-state index in [1.54, 1.807) is 27.7 Å². The largest absolute Gasteiger partial charge is 0.481 e. The predicted molar refractivity (Wildman–Crippen MR) is 128 cm³/mol. The van der Waals surface area contributed by atoms with Crippen LogP contribution in [0.15, 0.2) is 4.99 Å². The van der Waals surface area contributed by atoms with E-state index in [-0.39, 0.29) is 31.3 Å². The molecule has 0 saturated carbocycles. The van der Waals surface area contributed by atoms with Crippen LogP contribution in [-0.2, 0) is 24.0 Å². The standard InChI is InChI=1S/C21H39N7O7/c1-5-11(4)16(20(34)35)28-17(31)12(7-6-8-25-21(23)24)26-18(32)13(9-14(29)30)27-19(33)15(22)10(2)3/h10-13,15-16H,5-9,22H2,1-4H3,(H,26,32)(H,27,33)(H,28,31)(H,29,30)(H,34,35)(H4,23,24,25). The van der Waals surface area contributed by atoms with Gasteiger partial charge in [-0.2, -0.15) is 0 Å². The Kier molecular flexibility index (Phi) is 14.0. The average Bonchev–Trinajstić information content (AvgIpc) is 2.76. The molecule has 0 aliphatic heterocycles. The molecule has 0 aromatic heterocycles. The van der Waals surface area contributed by atoms with Crippen molar-refractivity contribution >= 4 is 35.6 Å². The molecule has 0 saturated heterocycles. The molecule has 0 heterocycles. The number of nitrogens with two attached hydrogens (primary N) is 3. The van der Waals surface area contributed by atoms with Crippen LogP contribution in [0, 0.1) is 11.8 Å². The number of aliphatic carboxylic acids is 2. The lowest BCUT2D eigenvalue weighted by Gasteiger charge is -2.26. The number of nitrogens with one attached hydrogen (secondary N) is 3. The second-order valence-corrected chi connectivity index (χ2v) is 8.65. The van der Waals surface area contributed by atoms with Crippen molar-refractivity contribution in [1.82, 2.24) is 16.0 Å². The average molecular weight is 502 g/mol. The zero-order valence-electron chi connectivity index (χ0n) is 20.6. The number of nitrogens with zero attached hydrogens (tertiary/aromatic N) is 1. The van der Waals surface area contributed by atoms with Gasteiger partial charge in [-0.1, -0.05) is 34.1 Å². The third-order valence-electron chi connectivity index (χ3n) is 5.39. The Morgan fingerprint density at radius 3 is 1.89 bits per heavy atom. The zero-order valence-corrected chi connectivity index (χ0v) is 20.6. The second-order valence-electron chi connectivity index (χ2n) is 8.65. The van der Waals surface area contributed by atoms with E-state index in [1.807, 2.05) is 0 Å². The maximum Gasteiger partial charge on any atom is 0.326 e. The van der Waals surface area contributed by atoms with E-state index in [2.05, 4.69) is 20.9 Å². The minimum Gasteiger partial charge on any atom is -0.481 e. The molecule has 0 radical (unpaired) electrons. The summed E-state index contributed by atoms with van der Waals surface area (Å²) >= 11 is 0. The summed E-state index contributed by atoms with van der Waals surface area (Å²) in [7, 11) is 0. The first-order chi connectivity index (χ1) is 16.2. The van der Waals surface area contributed by atoms with Crippen LogP contribution in [0.2, 0.25) is 0 Å². The predicted octanol–water partition coefficient (Wildman–Crippen LogP) is -1.92. The highest BCUT2D eigenvalue weighted by atomic mass is 16.4. The number of guanidine groups is 1. The normalized spacial score (nSPS) is 15.1. The number of hydrogen-bond acceptors (Lipinski definition) is 7. The van der Waals surface area contributed by atoms with Gasteiger partial charge in [0, 0.05) is 6.54 Å². The summed E-state index contributed by atoms with van der Waals surface area (Å²) in [6.45, 7) is 6.92. The summed E-state index contributed by atoms with van der Waals surface area (Å²) in [6.07, 6.45) is -0.0249. The number of hydrogen-bond donors (Lipinski definition) is 8. The maximum absolute atomic E-state index is 12.9. The van der Waals surface area contributed by atoms with Crippen molar-refractivity contribution in [3.8, 4) is 0 Å². The van der Waals surface area contributed by atoms with E-state index in [0.717, 1.165) is 0 Å². The molecule has 200 valence electrons. The zero-order chi connectivity index (χ0) is 27.3. The highest BCUT2D eigenvalue weighted by Gasteiger charge is 2.32. The van der Waals surface area contributed by atoms with E-state index < -0.39 is 66.2 Å². The van der Waals surface area contributed by atoms with Gasteiger partial charge >= 0.3 is 11.9 Å². The van der Waals surface area contributed by atoms with Gasteiger partial charge in [0.05, 0.1) is 12.5 Å². The van der Waals surface area contributed by atoms with E-state index in [4.69, 9.17) is 17.2 Å². The van der Waals surface area contributed by atoms with Gasteiger partial charge in [-0.3, -0.25) is 24.2 Å². The first-order valence-electron chi connectivity index (χ1n) is 11.4. The fraction of sp³-hybridized carbons (Fsp3) is 0.714. The number of aliphatic imine (C=N–C) groups is 1. The smallest absolute Gasteiger partial charge is 0.326 e. The summed E-state index contributed by atoms with van der Waals surface area (Å²) in [5.74, 6) is -5.88. The third kappa shape index (κ3) is 12.0. The number of carbonyl (C=O) groups excluding carboxylic acids is 3. The lowest BCUT2D eigenvalue weighted by atomic mass is 9.98. The Bertz CT molecular complexity index is 784. The summed E-state index contributed by atoms with van der Waals surface area (Å²) < 4.78 is 0. The van der Waals surface area contributed by atoms with Gasteiger partial charge in [-0.25, -0.2) is 4.79 Å². The van der Waals surface area contributed by atoms with Gasteiger partial charge in [-0.05, 0) is 24.7 Å². The van der Waals surface area contributed by atoms with Gasteiger partial charge in [0.2, 0.25) is 17.7 Å². The summed E-state index contributed by atoms with van der Waals surface area (Å²) in [5, 5.41) is 25.8. The lowest BCUT2D eigenvalue weighted by molar-refractivity contribution is -0.144. The molecular weight excluding hydrogens is 462 g/mol. The molecule has 14 nitrogen and oxygen atoms in total. The van der Waals surface area contributed by atoms with Crippen LogP contribution in [-0.4, -0.2) is 76.5 Å². The number of carbonyl (C=O) groups is 5. The van der Waals surface area contributed by atoms with E-state index in [1.165, 1.54) is 0 Å². The Hall–Kier alpha value is -3.42. The minimum atomic E-state index is -1.51. The molecule has 0 aromatic rings. The number of carboxylic acid groups (broad SMARTS) is 2. The van der Waals surface area contributed by atoms with Crippen LogP contribution < -0.4 is 33.2 Å². The Morgan fingerprint density at radius 1 is 0.886 bits per heavy atom. The molecular formula is C21H39N7O7. The number of rotatable bonds is 16. The van der Waals surface area contributed by atoms with Gasteiger partial charge in [-0.15, -0.1) is 0 Å². The van der Waals surface area contributed by atoms with E-state index in [0.29, 0.717) is 6.42 Å². The highest BCUT2D eigenvalue weighted by molar-refractivity contribution is 5.95. The topological polar surface area (TPSA) is 252 Å². The number of amides is 3. The van der Waals surface area contributed by atoms with Gasteiger partial charge in [0.25, 0.3) is 0 Å². The molecule has 0 bridgehead atoms. The SMILES string of the molecule is CCC(C)C(NC(=O)C(CCCN=C(N)N)NC(=O)C(CC(=O)O)NC(=O)C(N)C(C)C)C(=O)O. The Labute approximate surface area is 204 Å². The van der Waals surface area contributed by atoms with Crippen molar-refractivity contribution in [2.45, 2.75) is 77.5 Å². The van der Waals surface area contributed by atoms with Crippen molar-refractivity contribution in [3.63, 3.8) is 0 Å². The lowest BCUT2D eigenvalue weighted by Crippen LogP contribution is -2.58. The Morgan fingerprint density at radius 2 is 1.43 bits per heavy atom. The molecule has 14 heteroatoms. The summed E-state index contributed by atoms with van der Waals surface area (Å²) in [6, 6.07) is -4.94. The molecule has 0 rings (SSSR count). The van der Waals surface area contributed by atoms with Gasteiger partial charge in [0.1, 0.15) is 18.1 Å². The summed E-state index contributed by atoms with van der Waals surface area (Å²) in [4.78, 5) is 64.8. The number of carboxylic acids is 2. The van der Waals surface area contributed by atoms with E-state index in [9.17, 15) is 34.2 Å². The fourth-order valence-corrected chi connectivity index (χ4v) is 2.94. The van der Waals surface area contributed by atoms with Gasteiger partial charge in [0.15, 0.2) is 5.96 Å². The molecule has 0 aromatic carbocycles. The van der Waals surface area contributed by atoms with Crippen LogP contribution in [0.3, 0.4) is 0 Å². The molecule has 0 spiro atoms. The van der Waals surface area contributed by atoms with Crippen molar-refractivity contribution in [2.24, 2.45) is 34.0 Å². The van der Waals surface area contributed by atoms with Crippen LogP contribution in [0.25, 0.3) is 0 Å². The molecule has 3 amide bonds. The van der Waals surface area contributed by atoms with Crippen molar-refractivity contribution < 1.29 is 34.2 Å². The molecule has 5 unspecified atom stereocenters. The first kappa shape index (κ1) is 31.6. The quantitative estimate of drug-likeness (QED) is 0.0661. The monoisotopic (exact) mass is 501 g/mol. The van der Waals surface area contributed by atoms with Crippen molar-refractivity contribution in [2.75, 3.05) is 6.54 Å². The minimum absolute atomic E-state index is 0.0143. The maximum atomic E-state index is 12.9. The molecule has 0 aliphatic rings. The molecule has 5 atom stereocenters. The second kappa shape index (κ2) is 15.5. The highest BCUT2D eigenvalue weighted by Crippen LogP contribution is 2.10.